The average molecular weight is 280 g/mol. The summed E-state index contributed by atoms with van der Waals surface area (Å²) in [6.07, 6.45) is 1.90. The van der Waals surface area contributed by atoms with Gasteiger partial charge < -0.3 is 5.11 Å². The zero-order valence-corrected chi connectivity index (χ0v) is 10.8. The van der Waals surface area contributed by atoms with Crippen LogP contribution in [0.2, 0.25) is 0 Å². The van der Waals surface area contributed by atoms with Crippen molar-refractivity contribution in [3.63, 3.8) is 0 Å². The van der Waals surface area contributed by atoms with Crippen LogP contribution in [0, 0.1) is 0 Å². The lowest BCUT2D eigenvalue weighted by Crippen LogP contribution is -2.11. The number of rotatable bonds is 4. The molecule has 9 heteroatoms. The summed E-state index contributed by atoms with van der Waals surface area (Å²) >= 11 is 0. The SMILES string of the molecule is CS(=O)(=O)Nc1ccc(NS(C)(=O)=O)c(O)c1. The molecule has 0 saturated heterocycles. The lowest BCUT2D eigenvalue weighted by Gasteiger charge is -2.09. The van der Waals surface area contributed by atoms with Crippen LogP contribution in [0.25, 0.3) is 0 Å². The minimum atomic E-state index is -3.50. The molecule has 0 amide bonds. The molecule has 1 aromatic carbocycles. The number of sulfonamides is 2. The van der Waals surface area contributed by atoms with Crippen LogP contribution in [-0.2, 0) is 20.0 Å². The van der Waals surface area contributed by atoms with Gasteiger partial charge in [0.1, 0.15) is 5.75 Å². The number of nitrogens with one attached hydrogen (secondary N) is 2. The van der Waals surface area contributed by atoms with Crippen molar-refractivity contribution in [2.45, 2.75) is 0 Å². The van der Waals surface area contributed by atoms with E-state index < -0.39 is 20.0 Å². The van der Waals surface area contributed by atoms with Crippen LogP contribution in [0.5, 0.6) is 5.75 Å². The normalized spacial score (nSPS) is 12.1. The first kappa shape index (κ1) is 13.6. The van der Waals surface area contributed by atoms with Gasteiger partial charge in [-0.1, -0.05) is 0 Å². The van der Waals surface area contributed by atoms with Gasteiger partial charge in [0, 0.05) is 6.07 Å². The average Bonchev–Trinajstić information content (AvgIpc) is 2.05. The number of hydrogen-bond acceptors (Lipinski definition) is 5. The molecule has 1 aromatic rings. The molecule has 0 radical (unpaired) electrons. The molecule has 0 aliphatic rings. The Hall–Kier alpha value is -1.48. The van der Waals surface area contributed by atoms with Crippen LogP contribution in [0.15, 0.2) is 18.2 Å². The summed E-state index contributed by atoms with van der Waals surface area (Å²) in [6.45, 7) is 0. The summed E-state index contributed by atoms with van der Waals surface area (Å²) in [5.41, 5.74) is 0.121. The molecule has 0 saturated carbocycles. The zero-order valence-electron chi connectivity index (χ0n) is 9.13. The Kier molecular flexibility index (Phi) is 3.53. The Balaban J connectivity index is 3.02. The van der Waals surface area contributed by atoms with E-state index in [-0.39, 0.29) is 17.1 Å². The summed E-state index contributed by atoms with van der Waals surface area (Å²) in [5.74, 6) is -0.371. The highest BCUT2D eigenvalue weighted by atomic mass is 32.2. The third-order valence-corrected chi connectivity index (χ3v) is 2.79. The molecule has 0 aliphatic heterocycles. The standard InChI is InChI=1S/C8H12N2O5S2/c1-16(12,13)9-6-3-4-7(8(11)5-6)10-17(2,14)15/h3-5,9-11H,1-2H3. The molecule has 0 aliphatic carbocycles. The molecule has 3 N–H and O–H groups in total. The Morgan fingerprint density at radius 3 is 1.94 bits per heavy atom. The van der Waals surface area contributed by atoms with Crippen molar-refractivity contribution in [2.24, 2.45) is 0 Å². The highest BCUT2D eigenvalue weighted by Crippen LogP contribution is 2.27. The molecule has 96 valence electrons. The second-order valence-corrected chi connectivity index (χ2v) is 6.98. The van der Waals surface area contributed by atoms with Crippen LogP contribution < -0.4 is 9.44 Å². The lowest BCUT2D eigenvalue weighted by molar-refractivity contribution is 0.478. The topological polar surface area (TPSA) is 113 Å². The number of anilines is 2. The van der Waals surface area contributed by atoms with Crippen LogP contribution >= 0.6 is 0 Å². The van der Waals surface area contributed by atoms with E-state index in [1.165, 1.54) is 12.1 Å². The molecule has 0 aromatic heterocycles. The maximum atomic E-state index is 10.9. The van der Waals surface area contributed by atoms with Gasteiger partial charge in [0.05, 0.1) is 23.9 Å². The van der Waals surface area contributed by atoms with E-state index in [0.717, 1.165) is 18.6 Å². The van der Waals surface area contributed by atoms with E-state index in [2.05, 4.69) is 9.44 Å². The second kappa shape index (κ2) is 4.41. The molecule has 1 rings (SSSR count). The highest BCUT2D eigenvalue weighted by Gasteiger charge is 2.09. The Morgan fingerprint density at radius 2 is 1.53 bits per heavy atom. The Morgan fingerprint density at radius 1 is 1.00 bits per heavy atom. The van der Waals surface area contributed by atoms with Gasteiger partial charge in [-0.05, 0) is 12.1 Å². The second-order valence-electron chi connectivity index (χ2n) is 3.48. The Labute approximate surface area is 99.6 Å². The first-order valence-electron chi connectivity index (χ1n) is 4.35. The zero-order chi connectivity index (χ0) is 13.3. The van der Waals surface area contributed by atoms with E-state index in [9.17, 15) is 21.9 Å². The number of hydrogen-bond donors (Lipinski definition) is 3. The van der Waals surface area contributed by atoms with Gasteiger partial charge in [0.25, 0.3) is 0 Å². The van der Waals surface area contributed by atoms with Gasteiger partial charge in [-0.25, -0.2) is 16.8 Å². The fraction of sp³-hybridized carbons (Fsp3) is 0.250. The van der Waals surface area contributed by atoms with Gasteiger partial charge >= 0.3 is 0 Å². The quantitative estimate of drug-likeness (QED) is 0.679. The summed E-state index contributed by atoms with van der Waals surface area (Å²) in [6, 6.07) is 3.69. The predicted molar refractivity (Wildman–Crippen MR) is 65.0 cm³/mol. The molecule has 0 heterocycles. The Bertz CT molecular complexity index is 621. The molecule has 0 fully saturated rings. The molecular formula is C8H12N2O5S2. The van der Waals surface area contributed by atoms with E-state index in [4.69, 9.17) is 0 Å². The first-order valence-corrected chi connectivity index (χ1v) is 8.14. The monoisotopic (exact) mass is 280 g/mol. The predicted octanol–water partition coefficient (Wildman–Crippen LogP) is 0.135. The third kappa shape index (κ3) is 4.91. The summed E-state index contributed by atoms with van der Waals surface area (Å²) in [4.78, 5) is 0. The van der Waals surface area contributed by atoms with Gasteiger partial charge in [-0.15, -0.1) is 0 Å². The summed E-state index contributed by atoms with van der Waals surface area (Å²) in [7, 11) is -6.94. The lowest BCUT2D eigenvalue weighted by atomic mass is 10.3. The van der Waals surface area contributed by atoms with Gasteiger partial charge in [-0.2, -0.15) is 0 Å². The molecular weight excluding hydrogens is 268 g/mol. The van der Waals surface area contributed by atoms with E-state index in [1.54, 1.807) is 0 Å². The number of phenolic OH excluding ortho intramolecular Hbond substituents is 1. The highest BCUT2D eigenvalue weighted by molar-refractivity contribution is 7.92. The van der Waals surface area contributed by atoms with Crippen LogP contribution in [0.3, 0.4) is 0 Å². The molecule has 0 bridgehead atoms. The van der Waals surface area contributed by atoms with Gasteiger partial charge in [0.15, 0.2) is 0 Å². The van der Waals surface area contributed by atoms with Crippen molar-refractivity contribution in [3.8, 4) is 5.75 Å². The fourth-order valence-corrected chi connectivity index (χ4v) is 2.22. The summed E-state index contributed by atoms with van der Waals surface area (Å²) in [5, 5.41) is 9.49. The van der Waals surface area contributed by atoms with Crippen molar-refractivity contribution < 1.29 is 21.9 Å². The van der Waals surface area contributed by atoms with E-state index in [1.807, 2.05) is 0 Å². The number of aromatic hydroxyl groups is 1. The van der Waals surface area contributed by atoms with Crippen LogP contribution in [-0.4, -0.2) is 34.5 Å². The minimum Gasteiger partial charge on any atom is -0.506 e. The third-order valence-electron chi connectivity index (χ3n) is 1.60. The first-order chi connectivity index (χ1) is 7.57. The number of benzene rings is 1. The maximum Gasteiger partial charge on any atom is 0.229 e. The largest absolute Gasteiger partial charge is 0.506 e. The minimum absolute atomic E-state index is 0.0217. The molecule has 0 unspecified atom stereocenters. The molecule has 17 heavy (non-hydrogen) atoms. The maximum absolute atomic E-state index is 10.9. The van der Waals surface area contributed by atoms with Crippen molar-refractivity contribution in [3.05, 3.63) is 18.2 Å². The number of phenols is 1. The molecule has 0 atom stereocenters. The smallest absolute Gasteiger partial charge is 0.229 e. The summed E-state index contributed by atoms with van der Waals surface area (Å²) < 4.78 is 47.9. The van der Waals surface area contributed by atoms with Crippen molar-refractivity contribution >= 4 is 31.4 Å². The van der Waals surface area contributed by atoms with Gasteiger partial charge in [0.2, 0.25) is 20.0 Å². The van der Waals surface area contributed by atoms with Crippen LogP contribution in [0.4, 0.5) is 11.4 Å². The molecule has 7 nitrogen and oxygen atoms in total. The van der Waals surface area contributed by atoms with Crippen molar-refractivity contribution in [1.29, 1.82) is 0 Å². The fourth-order valence-electron chi connectivity index (χ4n) is 1.10. The van der Waals surface area contributed by atoms with Crippen molar-refractivity contribution in [1.82, 2.24) is 0 Å². The van der Waals surface area contributed by atoms with E-state index >= 15 is 0 Å². The van der Waals surface area contributed by atoms with Crippen LogP contribution in [0.1, 0.15) is 0 Å². The molecule has 0 spiro atoms. The van der Waals surface area contributed by atoms with Crippen molar-refractivity contribution in [2.75, 3.05) is 22.0 Å². The van der Waals surface area contributed by atoms with E-state index in [0.29, 0.717) is 0 Å². The van der Waals surface area contributed by atoms with Gasteiger partial charge in [-0.3, -0.25) is 9.44 Å².